The van der Waals surface area contributed by atoms with Gasteiger partial charge in [-0.25, -0.2) is 0 Å². The molecule has 0 saturated heterocycles. The number of benzene rings is 1. The first-order chi connectivity index (χ1) is 8.17. The predicted octanol–water partition coefficient (Wildman–Crippen LogP) is 4.31. The third kappa shape index (κ3) is 3.52. The summed E-state index contributed by atoms with van der Waals surface area (Å²) in [6.07, 6.45) is 2.98. The van der Waals surface area contributed by atoms with E-state index in [9.17, 15) is 0 Å². The van der Waals surface area contributed by atoms with Gasteiger partial charge in [-0.3, -0.25) is 0 Å². The molecular weight excluding hydrogens is 257 g/mol. The molecule has 2 unspecified atom stereocenters. The van der Waals surface area contributed by atoms with Gasteiger partial charge < -0.3 is 4.74 Å². The molecule has 17 heavy (non-hydrogen) atoms. The van der Waals surface area contributed by atoms with E-state index in [1.54, 1.807) is 18.2 Å². The molecule has 0 aliphatic heterocycles. The van der Waals surface area contributed by atoms with E-state index in [-0.39, 0.29) is 5.92 Å². The Bertz CT molecular complexity index is 421. The second kappa shape index (κ2) is 5.62. The molecule has 0 heterocycles. The first-order valence-electron chi connectivity index (χ1n) is 5.66. The van der Waals surface area contributed by atoms with Crippen molar-refractivity contribution in [2.45, 2.75) is 19.3 Å². The zero-order chi connectivity index (χ0) is 12.3. The quantitative estimate of drug-likeness (QED) is 0.819. The predicted molar refractivity (Wildman–Crippen MR) is 68.4 cm³/mol. The van der Waals surface area contributed by atoms with Gasteiger partial charge in [0.05, 0.1) is 12.7 Å². The van der Waals surface area contributed by atoms with Crippen LogP contribution in [0.5, 0.6) is 5.75 Å². The summed E-state index contributed by atoms with van der Waals surface area (Å²) in [6.45, 7) is 0.634. The van der Waals surface area contributed by atoms with Gasteiger partial charge in [0.15, 0.2) is 0 Å². The van der Waals surface area contributed by atoms with Crippen LogP contribution < -0.4 is 4.74 Å². The molecule has 2 atom stereocenters. The zero-order valence-electron chi connectivity index (χ0n) is 9.33. The molecule has 0 radical (unpaired) electrons. The Labute approximate surface area is 111 Å². The number of hydrogen-bond acceptors (Lipinski definition) is 2. The molecule has 0 bridgehead atoms. The van der Waals surface area contributed by atoms with Crippen molar-refractivity contribution in [3.05, 3.63) is 28.2 Å². The molecule has 2 rings (SSSR count). The number of nitriles is 1. The maximum absolute atomic E-state index is 8.82. The summed E-state index contributed by atoms with van der Waals surface area (Å²) in [4.78, 5) is 0. The van der Waals surface area contributed by atoms with Gasteiger partial charge in [0, 0.05) is 16.0 Å². The van der Waals surface area contributed by atoms with E-state index in [0.29, 0.717) is 28.3 Å². The summed E-state index contributed by atoms with van der Waals surface area (Å²) in [7, 11) is 0. The highest BCUT2D eigenvalue weighted by Crippen LogP contribution is 2.31. The van der Waals surface area contributed by atoms with E-state index < -0.39 is 0 Å². The lowest BCUT2D eigenvalue weighted by Gasteiger charge is -2.11. The average molecular weight is 270 g/mol. The normalized spacial score (nSPS) is 23.4. The Morgan fingerprint density at radius 3 is 2.53 bits per heavy atom. The van der Waals surface area contributed by atoms with E-state index >= 15 is 0 Å². The van der Waals surface area contributed by atoms with E-state index in [1.807, 2.05) is 0 Å². The first kappa shape index (κ1) is 12.5. The molecule has 2 nitrogen and oxygen atoms in total. The second-order valence-corrected chi connectivity index (χ2v) is 5.29. The van der Waals surface area contributed by atoms with Gasteiger partial charge in [-0.05, 0) is 43.4 Å². The molecule has 0 aromatic heterocycles. The summed E-state index contributed by atoms with van der Waals surface area (Å²) >= 11 is 11.8. The van der Waals surface area contributed by atoms with Gasteiger partial charge in [0.2, 0.25) is 0 Å². The summed E-state index contributed by atoms with van der Waals surface area (Å²) in [5.74, 6) is 1.37. The van der Waals surface area contributed by atoms with Crippen molar-refractivity contribution in [3.8, 4) is 11.8 Å². The maximum atomic E-state index is 8.82. The number of ether oxygens (including phenoxy) is 1. The molecule has 1 fully saturated rings. The molecule has 0 amide bonds. The highest BCUT2D eigenvalue weighted by molar-refractivity contribution is 6.34. The molecule has 0 spiro atoms. The molecule has 0 N–H and O–H groups in total. The van der Waals surface area contributed by atoms with Crippen LogP contribution in [0.2, 0.25) is 10.0 Å². The van der Waals surface area contributed by atoms with Crippen molar-refractivity contribution in [1.29, 1.82) is 5.26 Å². The molecule has 4 heteroatoms. The Balaban J connectivity index is 1.88. The molecule has 90 valence electrons. The van der Waals surface area contributed by atoms with Crippen LogP contribution in [0.1, 0.15) is 19.3 Å². The zero-order valence-corrected chi connectivity index (χ0v) is 10.8. The Kier molecular flexibility index (Phi) is 4.15. The number of halogens is 2. The second-order valence-electron chi connectivity index (χ2n) is 4.42. The van der Waals surface area contributed by atoms with Crippen molar-refractivity contribution in [2.24, 2.45) is 11.8 Å². The lowest BCUT2D eigenvalue weighted by atomic mass is 10.1. The highest BCUT2D eigenvalue weighted by Gasteiger charge is 2.24. The molecule has 1 aliphatic carbocycles. The van der Waals surface area contributed by atoms with Crippen molar-refractivity contribution in [3.63, 3.8) is 0 Å². The van der Waals surface area contributed by atoms with E-state index in [2.05, 4.69) is 6.07 Å². The average Bonchev–Trinajstić information content (AvgIpc) is 2.73. The van der Waals surface area contributed by atoms with Crippen LogP contribution in [0.25, 0.3) is 0 Å². The fourth-order valence-corrected chi connectivity index (χ4v) is 2.68. The Morgan fingerprint density at radius 1 is 1.24 bits per heavy atom. The number of hydrogen-bond donors (Lipinski definition) is 0. The molecule has 1 aromatic carbocycles. The van der Waals surface area contributed by atoms with E-state index in [1.165, 1.54) is 0 Å². The van der Waals surface area contributed by atoms with Crippen LogP contribution in [0.4, 0.5) is 0 Å². The highest BCUT2D eigenvalue weighted by atomic mass is 35.5. The van der Waals surface area contributed by atoms with Crippen molar-refractivity contribution in [1.82, 2.24) is 0 Å². The van der Waals surface area contributed by atoms with E-state index in [0.717, 1.165) is 19.3 Å². The molecule has 1 saturated carbocycles. The van der Waals surface area contributed by atoms with Gasteiger partial charge in [0.25, 0.3) is 0 Å². The largest absolute Gasteiger partial charge is 0.493 e. The fourth-order valence-electron chi connectivity index (χ4n) is 2.17. The third-order valence-corrected chi connectivity index (χ3v) is 3.48. The molecular formula is C13H13Cl2NO. The maximum Gasteiger partial charge on any atom is 0.122 e. The standard InChI is InChI=1S/C13H13Cl2NO/c14-11-4-12(15)6-13(5-11)17-8-10-2-1-9(3-10)7-16/h4-6,9-10H,1-3,8H2. The Morgan fingerprint density at radius 2 is 1.94 bits per heavy atom. The van der Waals surface area contributed by atoms with Gasteiger partial charge >= 0.3 is 0 Å². The third-order valence-electron chi connectivity index (χ3n) is 3.05. The number of nitrogens with zero attached hydrogens (tertiary/aromatic N) is 1. The van der Waals surface area contributed by atoms with Crippen LogP contribution in [0.15, 0.2) is 18.2 Å². The SMILES string of the molecule is N#CC1CCC(COc2cc(Cl)cc(Cl)c2)C1. The minimum Gasteiger partial charge on any atom is -0.493 e. The van der Waals surface area contributed by atoms with Gasteiger partial charge in [0.1, 0.15) is 5.75 Å². The van der Waals surface area contributed by atoms with Gasteiger partial charge in [-0.2, -0.15) is 5.26 Å². The van der Waals surface area contributed by atoms with Crippen molar-refractivity contribution >= 4 is 23.2 Å². The Hall–Kier alpha value is -0.910. The van der Waals surface area contributed by atoms with Crippen LogP contribution in [0, 0.1) is 23.2 Å². The topological polar surface area (TPSA) is 33.0 Å². The monoisotopic (exact) mass is 269 g/mol. The summed E-state index contributed by atoms with van der Waals surface area (Å²) in [5, 5.41) is 9.97. The molecule has 1 aromatic rings. The minimum absolute atomic E-state index is 0.201. The van der Waals surface area contributed by atoms with E-state index in [4.69, 9.17) is 33.2 Å². The first-order valence-corrected chi connectivity index (χ1v) is 6.41. The van der Waals surface area contributed by atoms with Gasteiger partial charge in [-0.1, -0.05) is 23.2 Å². The van der Waals surface area contributed by atoms with Crippen molar-refractivity contribution in [2.75, 3.05) is 6.61 Å². The smallest absolute Gasteiger partial charge is 0.122 e. The van der Waals surface area contributed by atoms with Crippen LogP contribution in [-0.2, 0) is 0 Å². The summed E-state index contributed by atoms with van der Waals surface area (Å²) < 4.78 is 5.67. The lowest BCUT2D eigenvalue weighted by molar-refractivity contribution is 0.250. The summed E-state index contributed by atoms with van der Waals surface area (Å²) in [6, 6.07) is 7.50. The number of rotatable bonds is 3. The van der Waals surface area contributed by atoms with Crippen LogP contribution >= 0.6 is 23.2 Å². The molecule has 1 aliphatic rings. The lowest BCUT2D eigenvalue weighted by Crippen LogP contribution is -2.08. The fraction of sp³-hybridized carbons (Fsp3) is 0.462. The van der Waals surface area contributed by atoms with Gasteiger partial charge in [-0.15, -0.1) is 0 Å². The van der Waals surface area contributed by atoms with Crippen LogP contribution in [0.3, 0.4) is 0 Å². The summed E-state index contributed by atoms with van der Waals surface area (Å²) in [5.41, 5.74) is 0. The van der Waals surface area contributed by atoms with Crippen molar-refractivity contribution < 1.29 is 4.74 Å². The van der Waals surface area contributed by atoms with Crippen LogP contribution in [-0.4, -0.2) is 6.61 Å². The minimum atomic E-state index is 0.201.